The minimum atomic E-state index is -0.550. The standard InChI is InChI=1S/C17H15ClN4O/c1-21-13-5-2-6-14-15(13)10(8-12(19)17(21)23)9-22(14)16-11(18)4-3-7-20-16/h2-7,9,12H,8,19H2,1H3. The number of amides is 1. The van der Waals surface area contributed by atoms with E-state index in [4.69, 9.17) is 17.3 Å². The molecule has 23 heavy (non-hydrogen) atoms. The van der Waals surface area contributed by atoms with Gasteiger partial charge in [-0.05, 0) is 36.2 Å². The average molecular weight is 327 g/mol. The largest absolute Gasteiger partial charge is 0.320 e. The fourth-order valence-corrected chi connectivity index (χ4v) is 3.42. The van der Waals surface area contributed by atoms with Gasteiger partial charge in [0.1, 0.15) is 0 Å². The van der Waals surface area contributed by atoms with Gasteiger partial charge in [0.05, 0.1) is 22.3 Å². The van der Waals surface area contributed by atoms with Crippen molar-refractivity contribution in [1.82, 2.24) is 9.55 Å². The number of anilines is 1. The second kappa shape index (κ2) is 5.08. The summed E-state index contributed by atoms with van der Waals surface area (Å²) in [6.45, 7) is 0. The van der Waals surface area contributed by atoms with Gasteiger partial charge < -0.3 is 10.6 Å². The number of aromatic nitrogens is 2. The van der Waals surface area contributed by atoms with E-state index in [1.807, 2.05) is 35.0 Å². The van der Waals surface area contributed by atoms with Crippen LogP contribution in [0.25, 0.3) is 16.7 Å². The Morgan fingerprint density at radius 2 is 2.13 bits per heavy atom. The Balaban J connectivity index is 2.05. The van der Waals surface area contributed by atoms with Gasteiger partial charge in [-0.15, -0.1) is 0 Å². The summed E-state index contributed by atoms with van der Waals surface area (Å²) < 4.78 is 1.97. The maximum absolute atomic E-state index is 12.3. The maximum Gasteiger partial charge on any atom is 0.243 e. The number of benzene rings is 1. The first kappa shape index (κ1) is 14.2. The van der Waals surface area contributed by atoms with Crippen molar-refractivity contribution in [2.24, 2.45) is 5.73 Å². The summed E-state index contributed by atoms with van der Waals surface area (Å²) in [6.07, 6.45) is 4.19. The molecule has 1 aromatic carbocycles. The molecule has 0 saturated carbocycles. The van der Waals surface area contributed by atoms with Gasteiger partial charge in [-0.2, -0.15) is 0 Å². The Hall–Kier alpha value is -2.37. The summed E-state index contributed by atoms with van der Waals surface area (Å²) in [7, 11) is 1.76. The van der Waals surface area contributed by atoms with E-state index in [9.17, 15) is 4.79 Å². The van der Waals surface area contributed by atoms with Crippen molar-refractivity contribution in [3.8, 4) is 5.82 Å². The first-order chi connectivity index (χ1) is 11.1. The monoisotopic (exact) mass is 326 g/mol. The lowest BCUT2D eigenvalue weighted by Crippen LogP contribution is -2.42. The molecule has 0 bridgehead atoms. The van der Waals surface area contributed by atoms with Crippen molar-refractivity contribution in [2.75, 3.05) is 11.9 Å². The molecule has 6 heteroatoms. The predicted molar refractivity (Wildman–Crippen MR) is 91.2 cm³/mol. The van der Waals surface area contributed by atoms with Crippen LogP contribution in [0.15, 0.2) is 42.7 Å². The molecular formula is C17H15ClN4O. The number of halogens is 1. The van der Waals surface area contributed by atoms with Crippen LogP contribution < -0.4 is 10.6 Å². The van der Waals surface area contributed by atoms with Crippen LogP contribution >= 0.6 is 11.6 Å². The molecule has 3 aromatic rings. The van der Waals surface area contributed by atoms with Crippen molar-refractivity contribution in [2.45, 2.75) is 12.5 Å². The first-order valence-corrected chi connectivity index (χ1v) is 7.72. The highest BCUT2D eigenvalue weighted by Gasteiger charge is 2.28. The van der Waals surface area contributed by atoms with Crippen LogP contribution in [0.3, 0.4) is 0 Å². The first-order valence-electron chi connectivity index (χ1n) is 7.35. The second-order valence-electron chi connectivity index (χ2n) is 5.71. The summed E-state index contributed by atoms with van der Waals surface area (Å²) in [6, 6.07) is 8.93. The Bertz CT molecular complexity index is 933. The van der Waals surface area contributed by atoms with Gasteiger partial charge in [0.2, 0.25) is 5.91 Å². The topological polar surface area (TPSA) is 64.2 Å². The lowest BCUT2D eigenvalue weighted by atomic mass is 10.1. The summed E-state index contributed by atoms with van der Waals surface area (Å²) in [5.74, 6) is 0.599. The molecule has 116 valence electrons. The predicted octanol–water partition coefficient (Wildman–Crippen LogP) is 2.53. The lowest BCUT2D eigenvalue weighted by Gasteiger charge is -2.19. The summed E-state index contributed by atoms with van der Waals surface area (Å²) in [4.78, 5) is 18.3. The van der Waals surface area contributed by atoms with Gasteiger partial charge in [-0.25, -0.2) is 4.98 Å². The highest BCUT2D eigenvalue weighted by Crippen LogP contribution is 2.36. The Kier molecular flexibility index (Phi) is 3.14. The SMILES string of the molecule is CN1C(=O)C(N)Cc2cn(-c3ncccc3Cl)c3cccc1c23. The number of rotatable bonds is 1. The number of nitrogens with two attached hydrogens (primary N) is 1. The summed E-state index contributed by atoms with van der Waals surface area (Å²) in [5.41, 5.74) is 8.92. The van der Waals surface area contributed by atoms with Crippen LogP contribution in [-0.2, 0) is 11.2 Å². The molecule has 3 heterocycles. The van der Waals surface area contributed by atoms with Gasteiger partial charge in [0.25, 0.3) is 0 Å². The minimum absolute atomic E-state index is 0.0730. The van der Waals surface area contributed by atoms with E-state index in [0.29, 0.717) is 17.3 Å². The van der Waals surface area contributed by atoms with E-state index in [2.05, 4.69) is 4.98 Å². The number of carbonyl (C=O) groups is 1. The Morgan fingerprint density at radius 1 is 1.30 bits per heavy atom. The van der Waals surface area contributed by atoms with Crippen molar-refractivity contribution >= 4 is 34.1 Å². The molecule has 1 amide bonds. The Morgan fingerprint density at radius 3 is 2.91 bits per heavy atom. The lowest BCUT2D eigenvalue weighted by molar-refractivity contribution is -0.119. The number of carbonyl (C=O) groups excluding carboxylic acids is 1. The van der Waals surface area contributed by atoms with E-state index in [-0.39, 0.29) is 5.91 Å². The van der Waals surface area contributed by atoms with Crippen molar-refractivity contribution in [3.63, 3.8) is 0 Å². The van der Waals surface area contributed by atoms with E-state index >= 15 is 0 Å². The normalized spacial score (nSPS) is 17.6. The molecule has 5 nitrogen and oxygen atoms in total. The van der Waals surface area contributed by atoms with Crippen molar-refractivity contribution < 1.29 is 4.79 Å². The zero-order chi connectivity index (χ0) is 16.1. The number of pyridine rings is 1. The number of nitrogens with zero attached hydrogens (tertiary/aromatic N) is 3. The third-order valence-corrected chi connectivity index (χ3v) is 4.60. The molecule has 0 radical (unpaired) electrons. The highest BCUT2D eigenvalue weighted by atomic mass is 35.5. The van der Waals surface area contributed by atoms with Crippen LogP contribution in [0.5, 0.6) is 0 Å². The third-order valence-electron chi connectivity index (χ3n) is 4.30. The molecule has 2 N–H and O–H groups in total. The molecule has 2 aromatic heterocycles. The van der Waals surface area contributed by atoms with Crippen molar-refractivity contribution in [3.05, 3.63) is 53.3 Å². The van der Waals surface area contributed by atoms with E-state index < -0.39 is 6.04 Å². The van der Waals surface area contributed by atoms with Crippen LogP contribution in [0.1, 0.15) is 5.56 Å². The van der Waals surface area contributed by atoms with Crippen molar-refractivity contribution in [1.29, 1.82) is 0 Å². The molecular weight excluding hydrogens is 312 g/mol. The number of hydrogen-bond donors (Lipinski definition) is 1. The zero-order valence-corrected chi connectivity index (χ0v) is 13.3. The van der Waals surface area contributed by atoms with Gasteiger partial charge in [-0.1, -0.05) is 17.7 Å². The van der Waals surface area contributed by atoms with E-state index in [1.54, 1.807) is 24.2 Å². The minimum Gasteiger partial charge on any atom is -0.320 e. The second-order valence-corrected chi connectivity index (χ2v) is 6.12. The Labute approximate surface area is 138 Å². The van der Waals surface area contributed by atoms with Gasteiger partial charge in [0, 0.05) is 24.8 Å². The molecule has 0 saturated heterocycles. The molecule has 0 fully saturated rings. The smallest absolute Gasteiger partial charge is 0.243 e. The molecule has 1 aliphatic heterocycles. The number of likely N-dealkylation sites (N-methyl/N-ethyl adjacent to an activating group) is 1. The van der Waals surface area contributed by atoms with Crippen LogP contribution in [0, 0.1) is 0 Å². The van der Waals surface area contributed by atoms with E-state index in [1.165, 1.54) is 0 Å². The molecule has 0 spiro atoms. The van der Waals surface area contributed by atoms with E-state index in [0.717, 1.165) is 22.2 Å². The van der Waals surface area contributed by atoms with Gasteiger partial charge in [0.15, 0.2) is 5.82 Å². The zero-order valence-electron chi connectivity index (χ0n) is 12.5. The molecule has 1 unspecified atom stereocenters. The molecule has 1 aliphatic rings. The number of hydrogen-bond acceptors (Lipinski definition) is 3. The maximum atomic E-state index is 12.3. The third kappa shape index (κ3) is 2.04. The molecule has 1 atom stereocenters. The average Bonchev–Trinajstić information content (AvgIpc) is 2.88. The van der Waals surface area contributed by atoms with Crippen LogP contribution in [0.2, 0.25) is 5.02 Å². The van der Waals surface area contributed by atoms with Gasteiger partial charge >= 0.3 is 0 Å². The summed E-state index contributed by atoms with van der Waals surface area (Å²) >= 11 is 6.31. The fourth-order valence-electron chi connectivity index (χ4n) is 3.20. The fraction of sp³-hybridized carbons (Fsp3) is 0.176. The van der Waals surface area contributed by atoms with Gasteiger partial charge in [-0.3, -0.25) is 9.36 Å². The van der Waals surface area contributed by atoms with Crippen LogP contribution in [-0.4, -0.2) is 28.5 Å². The quantitative estimate of drug-likeness (QED) is 0.747. The molecule has 0 aliphatic carbocycles. The summed E-state index contributed by atoms with van der Waals surface area (Å²) in [5, 5.41) is 1.60. The molecule has 4 rings (SSSR count). The van der Waals surface area contributed by atoms with Crippen LogP contribution in [0.4, 0.5) is 5.69 Å². The highest BCUT2D eigenvalue weighted by molar-refractivity contribution is 6.32.